The predicted octanol–water partition coefficient (Wildman–Crippen LogP) is 4.05. The summed E-state index contributed by atoms with van der Waals surface area (Å²) in [5.41, 5.74) is 0.754. The van der Waals surface area contributed by atoms with Gasteiger partial charge in [0.2, 0.25) is 5.43 Å². The number of aromatic amines is 1. The summed E-state index contributed by atoms with van der Waals surface area (Å²) >= 11 is 5.60. The van der Waals surface area contributed by atoms with Crippen molar-refractivity contribution in [1.29, 1.82) is 0 Å². The monoisotopic (exact) mass is 347 g/mol. The molecule has 0 saturated carbocycles. The molecule has 0 atom stereocenters. The van der Waals surface area contributed by atoms with Crippen LogP contribution in [0, 0.1) is 5.82 Å². The Morgan fingerprint density at radius 2 is 1.92 bits per heavy atom. The molecule has 0 aliphatic rings. The van der Waals surface area contributed by atoms with Crippen LogP contribution >= 0.6 is 11.6 Å². The summed E-state index contributed by atoms with van der Waals surface area (Å²) in [7, 11) is 0. The average Bonchev–Trinajstić information content (AvgIpc) is 2.59. The molecule has 6 heteroatoms. The van der Waals surface area contributed by atoms with E-state index in [1.165, 1.54) is 12.1 Å². The first-order valence-corrected chi connectivity index (χ1v) is 7.97. The van der Waals surface area contributed by atoms with E-state index in [4.69, 9.17) is 16.3 Å². The van der Waals surface area contributed by atoms with Crippen LogP contribution in [0.5, 0.6) is 11.5 Å². The fourth-order valence-electron chi connectivity index (χ4n) is 2.42. The first-order valence-electron chi connectivity index (χ1n) is 7.44. The van der Waals surface area contributed by atoms with Crippen molar-refractivity contribution in [1.82, 2.24) is 4.98 Å². The largest absolute Gasteiger partial charge is 0.503 e. The lowest BCUT2D eigenvalue weighted by molar-refractivity contribution is 0.318. The zero-order valence-electron chi connectivity index (χ0n) is 12.7. The van der Waals surface area contributed by atoms with Crippen molar-refractivity contribution in [2.75, 3.05) is 12.5 Å². The number of halogens is 2. The maximum atomic E-state index is 13.3. The van der Waals surface area contributed by atoms with Crippen LogP contribution in [0.3, 0.4) is 0 Å². The molecule has 0 aliphatic heterocycles. The number of fused-ring (bicyclic) bond motifs is 1. The van der Waals surface area contributed by atoms with Crippen LogP contribution < -0.4 is 10.2 Å². The zero-order valence-corrected chi connectivity index (χ0v) is 13.4. The quantitative estimate of drug-likeness (QED) is 0.540. The highest BCUT2D eigenvalue weighted by atomic mass is 35.5. The molecule has 3 aromatic rings. The van der Waals surface area contributed by atoms with Crippen molar-refractivity contribution in [2.24, 2.45) is 0 Å². The molecule has 1 heterocycles. The van der Waals surface area contributed by atoms with Gasteiger partial charge < -0.3 is 14.8 Å². The molecule has 24 heavy (non-hydrogen) atoms. The van der Waals surface area contributed by atoms with E-state index < -0.39 is 17.0 Å². The van der Waals surface area contributed by atoms with Gasteiger partial charge >= 0.3 is 0 Å². The smallest absolute Gasteiger partial charge is 0.231 e. The van der Waals surface area contributed by atoms with E-state index in [-0.39, 0.29) is 11.1 Å². The highest BCUT2D eigenvalue weighted by Crippen LogP contribution is 2.28. The first-order chi connectivity index (χ1) is 11.6. The molecular weight excluding hydrogens is 333 g/mol. The van der Waals surface area contributed by atoms with Gasteiger partial charge in [-0.05, 0) is 48.9 Å². The van der Waals surface area contributed by atoms with E-state index >= 15 is 0 Å². The highest BCUT2D eigenvalue weighted by molar-refractivity contribution is 6.17. The lowest BCUT2D eigenvalue weighted by Gasteiger charge is -2.09. The maximum Gasteiger partial charge on any atom is 0.231 e. The van der Waals surface area contributed by atoms with Crippen LogP contribution in [0.2, 0.25) is 0 Å². The second kappa shape index (κ2) is 6.93. The van der Waals surface area contributed by atoms with E-state index in [1.807, 2.05) is 0 Å². The number of aromatic hydroxyl groups is 1. The second-order valence-electron chi connectivity index (χ2n) is 5.28. The van der Waals surface area contributed by atoms with E-state index in [0.29, 0.717) is 29.3 Å². The van der Waals surface area contributed by atoms with Gasteiger partial charge in [-0.3, -0.25) is 4.79 Å². The number of H-pyrrole nitrogens is 1. The molecule has 0 bridgehead atoms. The van der Waals surface area contributed by atoms with Crippen molar-refractivity contribution < 1.29 is 14.2 Å². The van der Waals surface area contributed by atoms with Crippen LogP contribution in [0.15, 0.2) is 47.3 Å². The minimum atomic E-state index is -0.610. The van der Waals surface area contributed by atoms with Gasteiger partial charge in [0, 0.05) is 11.4 Å². The van der Waals surface area contributed by atoms with Gasteiger partial charge in [-0.15, -0.1) is 11.6 Å². The molecular formula is C18H15ClFNO3. The Morgan fingerprint density at radius 1 is 1.17 bits per heavy atom. The Morgan fingerprint density at radius 3 is 2.62 bits per heavy atom. The summed E-state index contributed by atoms with van der Waals surface area (Å²) in [5, 5.41) is 10.3. The highest BCUT2D eigenvalue weighted by Gasteiger charge is 2.13. The average molecular weight is 348 g/mol. The van der Waals surface area contributed by atoms with Crippen molar-refractivity contribution in [3.05, 3.63) is 58.5 Å². The van der Waals surface area contributed by atoms with Crippen molar-refractivity contribution in [2.45, 2.75) is 6.42 Å². The molecule has 1 aromatic heterocycles. The fraction of sp³-hybridized carbons (Fsp3) is 0.167. The zero-order chi connectivity index (χ0) is 17.1. The Bertz CT molecular complexity index is 922. The van der Waals surface area contributed by atoms with Gasteiger partial charge in [-0.2, -0.15) is 0 Å². The van der Waals surface area contributed by atoms with Crippen molar-refractivity contribution in [3.8, 4) is 22.8 Å². The summed E-state index contributed by atoms with van der Waals surface area (Å²) in [5.74, 6) is 0.237. The summed E-state index contributed by atoms with van der Waals surface area (Å²) in [6, 6.07) is 10.8. The number of hydrogen-bond donors (Lipinski definition) is 2. The van der Waals surface area contributed by atoms with Gasteiger partial charge in [0.05, 0.1) is 23.2 Å². The molecule has 2 N–H and O–H groups in total. The van der Waals surface area contributed by atoms with Gasteiger partial charge in [-0.1, -0.05) is 0 Å². The Balaban J connectivity index is 1.98. The summed E-state index contributed by atoms with van der Waals surface area (Å²) in [6.45, 7) is 0.520. The van der Waals surface area contributed by atoms with Crippen LogP contribution in [0.25, 0.3) is 22.2 Å². The van der Waals surface area contributed by atoms with Gasteiger partial charge in [0.1, 0.15) is 11.6 Å². The van der Waals surface area contributed by atoms with Gasteiger partial charge in [0.15, 0.2) is 5.75 Å². The molecule has 0 amide bonds. The molecule has 0 spiro atoms. The maximum absolute atomic E-state index is 13.3. The molecule has 0 saturated heterocycles. The predicted molar refractivity (Wildman–Crippen MR) is 92.5 cm³/mol. The number of pyridine rings is 1. The summed E-state index contributed by atoms with van der Waals surface area (Å²) in [4.78, 5) is 15.2. The first kappa shape index (κ1) is 16.3. The summed E-state index contributed by atoms with van der Waals surface area (Å²) < 4.78 is 18.8. The number of ether oxygens (including phenoxy) is 1. The standard InChI is InChI=1S/C18H15ClFNO3/c19-8-1-9-24-13-5-2-11(3-6-13)16-18(23)17(22)14-10-12(20)4-7-15(14)21-16/h2-7,10,23H,1,8-9H2,(H,21,22). The van der Waals surface area contributed by atoms with Crippen LogP contribution in [0.4, 0.5) is 4.39 Å². The van der Waals surface area contributed by atoms with E-state index in [1.54, 1.807) is 24.3 Å². The van der Waals surface area contributed by atoms with Crippen molar-refractivity contribution >= 4 is 22.5 Å². The minimum absolute atomic E-state index is 0.109. The third kappa shape index (κ3) is 3.21. The van der Waals surface area contributed by atoms with E-state index in [0.717, 1.165) is 12.5 Å². The fourth-order valence-corrected chi connectivity index (χ4v) is 2.53. The number of nitrogens with one attached hydrogen (secondary N) is 1. The molecule has 2 aromatic carbocycles. The van der Waals surface area contributed by atoms with E-state index in [2.05, 4.69) is 4.98 Å². The molecule has 3 rings (SSSR count). The third-order valence-corrected chi connectivity index (χ3v) is 3.89. The number of hydrogen-bond acceptors (Lipinski definition) is 3. The van der Waals surface area contributed by atoms with Crippen LogP contribution in [-0.2, 0) is 0 Å². The summed E-state index contributed by atoms with van der Waals surface area (Å²) in [6.07, 6.45) is 0.749. The lowest BCUT2D eigenvalue weighted by Crippen LogP contribution is -2.05. The number of benzene rings is 2. The van der Waals surface area contributed by atoms with Crippen LogP contribution in [-0.4, -0.2) is 22.6 Å². The molecule has 0 fully saturated rings. The Hall–Kier alpha value is -2.53. The van der Waals surface area contributed by atoms with Gasteiger partial charge in [-0.25, -0.2) is 4.39 Å². The number of rotatable bonds is 5. The van der Waals surface area contributed by atoms with E-state index in [9.17, 15) is 14.3 Å². The molecule has 4 nitrogen and oxygen atoms in total. The SMILES string of the molecule is O=c1c(O)c(-c2ccc(OCCCCl)cc2)[nH]c2ccc(F)cc12. The molecule has 0 radical (unpaired) electrons. The Labute approximate surface area is 142 Å². The molecule has 0 aliphatic carbocycles. The van der Waals surface area contributed by atoms with Crippen molar-refractivity contribution in [3.63, 3.8) is 0 Å². The van der Waals surface area contributed by atoms with Gasteiger partial charge in [0.25, 0.3) is 0 Å². The lowest BCUT2D eigenvalue weighted by atomic mass is 10.1. The van der Waals surface area contributed by atoms with Crippen LogP contribution in [0.1, 0.15) is 6.42 Å². The normalized spacial score (nSPS) is 10.9. The molecule has 124 valence electrons. The minimum Gasteiger partial charge on any atom is -0.503 e. The topological polar surface area (TPSA) is 62.3 Å². The number of alkyl halides is 1. The number of aromatic nitrogens is 1. The third-order valence-electron chi connectivity index (χ3n) is 3.63. The molecule has 0 unspecified atom stereocenters. The Kier molecular flexibility index (Phi) is 4.71. The second-order valence-corrected chi connectivity index (χ2v) is 5.66.